The standard InChI is InChI=1S/C14H9BrN4O2/c15-10-3-1-2-4-12(10)19-8-9(14(20)21)13(18-19)11-7-16-5-6-17-11/h1-8H,(H,20,21). The van der Waals surface area contributed by atoms with Crippen LogP contribution in [0.4, 0.5) is 0 Å². The summed E-state index contributed by atoms with van der Waals surface area (Å²) in [7, 11) is 0. The Bertz CT molecular complexity index is 802. The second-order valence-electron chi connectivity index (χ2n) is 4.18. The highest BCUT2D eigenvalue weighted by molar-refractivity contribution is 9.10. The van der Waals surface area contributed by atoms with Gasteiger partial charge in [0.15, 0.2) is 0 Å². The molecule has 0 bridgehead atoms. The molecule has 0 radical (unpaired) electrons. The van der Waals surface area contributed by atoms with Gasteiger partial charge in [0, 0.05) is 23.1 Å². The molecule has 3 rings (SSSR count). The van der Waals surface area contributed by atoms with Crippen LogP contribution in [0.2, 0.25) is 0 Å². The molecular formula is C14H9BrN4O2. The van der Waals surface area contributed by atoms with Gasteiger partial charge in [-0.2, -0.15) is 5.10 Å². The van der Waals surface area contributed by atoms with Gasteiger partial charge in [-0.05, 0) is 28.1 Å². The second-order valence-corrected chi connectivity index (χ2v) is 5.04. The highest BCUT2D eigenvalue weighted by Gasteiger charge is 2.19. The molecular weight excluding hydrogens is 336 g/mol. The first-order valence-electron chi connectivity index (χ1n) is 6.01. The van der Waals surface area contributed by atoms with Gasteiger partial charge in [0.25, 0.3) is 0 Å². The molecule has 104 valence electrons. The molecule has 1 N–H and O–H groups in total. The largest absolute Gasteiger partial charge is 0.478 e. The molecule has 2 heterocycles. The number of benzene rings is 1. The summed E-state index contributed by atoms with van der Waals surface area (Å²) in [5.41, 5.74) is 1.52. The fourth-order valence-corrected chi connectivity index (χ4v) is 2.37. The lowest BCUT2D eigenvalue weighted by atomic mass is 10.2. The number of hydrogen-bond donors (Lipinski definition) is 1. The first-order valence-corrected chi connectivity index (χ1v) is 6.80. The summed E-state index contributed by atoms with van der Waals surface area (Å²) in [6, 6.07) is 7.42. The highest BCUT2D eigenvalue weighted by Crippen LogP contribution is 2.25. The molecule has 21 heavy (non-hydrogen) atoms. The zero-order valence-electron chi connectivity index (χ0n) is 10.6. The van der Waals surface area contributed by atoms with Crippen molar-refractivity contribution in [2.24, 2.45) is 0 Å². The van der Waals surface area contributed by atoms with E-state index in [0.29, 0.717) is 5.69 Å². The van der Waals surface area contributed by atoms with E-state index in [1.54, 1.807) is 0 Å². The molecule has 0 saturated heterocycles. The van der Waals surface area contributed by atoms with Crippen molar-refractivity contribution in [3.05, 3.63) is 59.1 Å². The van der Waals surface area contributed by atoms with Gasteiger partial charge < -0.3 is 5.11 Å². The van der Waals surface area contributed by atoms with E-state index in [4.69, 9.17) is 0 Å². The Morgan fingerprint density at radius 1 is 1.24 bits per heavy atom. The Labute approximate surface area is 128 Å². The number of carbonyl (C=O) groups is 1. The van der Waals surface area contributed by atoms with E-state index >= 15 is 0 Å². The average Bonchev–Trinajstić information content (AvgIpc) is 2.94. The van der Waals surface area contributed by atoms with Gasteiger partial charge in [-0.25, -0.2) is 9.48 Å². The van der Waals surface area contributed by atoms with Gasteiger partial charge in [0.2, 0.25) is 0 Å². The van der Waals surface area contributed by atoms with E-state index in [9.17, 15) is 9.90 Å². The van der Waals surface area contributed by atoms with E-state index in [1.807, 2.05) is 24.3 Å². The van der Waals surface area contributed by atoms with Crippen molar-refractivity contribution >= 4 is 21.9 Å². The summed E-state index contributed by atoms with van der Waals surface area (Å²) in [6.07, 6.45) is 5.97. The van der Waals surface area contributed by atoms with Gasteiger partial charge >= 0.3 is 5.97 Å². The van der Waals surface area contributed by atoms with Crippen LogP contribution in [-0.4, -0.2) is 30.8 Å². The average molecular weight is 345 g/mol. The molecule has 0 saturated carbocycles. The lowest BCUT2D eigenvalue weighted by Crippen LogP contribution is -1.97. The topological polar surface area (TPSA) is 80.9 Å². The molecule has 7 heteroatoms. The van der Waals surface area contributed by atoms with Crippen molar-refractivity contribution in [2.45, 2.75) is 0 Å². The number of aromatic carboxylic acids is 1. The van der Waals surface area contributed by atoms with E-state index < -0.39 is 5.97 Å². The van der Waals surface area contributed by atoms with Gasteiger partial charge in [-0.15, -0.1) is 0 Å². The number of carboxylic acids is 1. The van der Waals surface area contributed by atoms with E-state index in [0.717, 1.165) is 10.2 Å². The van der Waals surface area contributed by atoms with E-state index in [2.05, 4.69) is 31.0 Å². The van der Waals surface area contributed by atoms with E-state index in [1.165, 1.54) is 29.5 Å². The fourth-order valence-electron chi connectivity index (χ4n) is 1.90. The Hall–Kier alpha value is -2.54. The molecule has 0 spiro atoms. The molecule has 1 aromatic carbocycles. The summed E-state index contributed by atoms with van der Waals surface area (Å²) < 4.78 is 2.33. The molecule has 3 aromatic rings. The van der Waals surface area contributed by atoms with Gasteiger partial charge in [0.1, 0.15) is 17.0 Å². The second kappa shape index (κ2) is 5.45. The van der Waals surface area contributed by atoms with Crippen molar-refractivity contribution in [3.63, 3.8) is 0 Å². The molecule has 6 nitrogen and oxygen atoms in total. The molecule has 0 atom stereocenters. The highest BCUT2D eigenvalue weighted by atomic mass is 79.9. The lowest BCUT2D eigenvalue weighted by Gasteiger charge is -2.03. The van der Waals surface area contributed by atoms with Gasteiger partial charge in [0.05, 0.1) is 11.9 Å². The predicted molar refractivity (Wildman–Crippen MR) is 79.2 cm³/mol. The Morgan fingerprint density at radius 2 is 2.05 bits per heavy atom. The third kappa shape index (κ3) is 2.55. The quantitative estimate of drug-likeness (QED) is 0.789. The number of halogens is 1. The SMILES string of the molecule is O=C(O)c1cn(-c2ccccc2Br)nc1-c1cnccn1. The van der Waals surface area contributed by atoms with Crippen LogP contribution in [0.3, 0.4) is 0 Å². The summed E-state index contributed by atoms with van der Waals surface area (Å²) in [6.45, 7) is 0. The normalized spacial score (nSPS) is 10.5. The molecule has 0 aliphatic rings. The van der Waals surface area contributed by atoms with Crippen molar-refractivity contribution < 1.29 is 9.90 Å². The number of aromatic nitrogens is 4. The van der Waals surface area contributed by atoms with Crippen LogP contribution >= 0.6 is 15.9 Å². The van der Waals surface area contributed by atoms with Crippen LogP contribution in [0.5, 0.6) is 0 Å². The van der Waals surface area contributed by atoms with Crippen LogP contribution in [0.15, 0.2) is 53.5 Å². The molecule has 0 unspecified atom stereocenters. The van der Waals surface area contributed by atoms with E-state index in [-0.39, 0.29) is 11.3 Å². The Morgan fingerprint density at radius 3 is 2.71 bits per heavy atom. The number of carboxylic acid groups (broad SMARTS) is 1. The maximum absolute atomic E-state index is 11.4. The number of rotatable bonds is 3. The van der Waals surface area contributed by atoms with Crippen molar-refractivity contribution in [1.82, 2.24) is 19.7 Å². The number of nitrogens with zero attached hydrogens (tertiary/aromatic N) is 4. The summed E-state index contributed by atoms with van der Waals surface area (Å²) in [5.74, 6) is -1.06. The maximum atomic E-state index is 11.4. The zero-order valence-corrected chi connectivity index (χ0v) is 12.2. The Kier molecular flexibility index (Phi) is 3.49. The molecule has 0 aliphatic carbocycles. The minimum atomic E-state index is -1.06. The Balaban J connectivity index is 2.18. The molecule has 2 aromatic heterocycles. The maximum Gasteiger partial charge on any atom is 0.339 e. The zero-order chi connectivity index (χ0) is 14.8. The third-order valence-corrected chi connectivity index (χ3v) is 3.52. The first-order chi connectivity index (χ1) is 10.2. The fraction of sp³-hybridized carbons (Fsp3) is 0. The van der Waals surface area contributed by atoms with Crippen molar-refractivity contribution in [2.75, 3.05) is 0 Å². The van der Waals surface area contributed by atoms with Crippen LogP contribution in [-0.2, 0) is 0 Å². The summed E-state index contributed by atoms with van der Waals surface area (Å²) in [5, 5.41) is 13.7. The smallest absolute Gasteiger partial charge is 0.339 e. The molecule has 0 amide bonds. The minimum absolute atomic E-state index is 0.0752. The van der Waals surface area contributed by atoms with Crippen LogP contribution in [0.25, 0.3) is 17.1 Å². The summed E-state index contributed by atoms with van der Waals surface area (Å²) >= 11 is 3.42. The van der Waals surface area contributed by atoms with Crippen LogP contribution in [0.1, 0.15) is 10.4 Å². The minimum Gasteiger partial charge on any atom is -0.478 e. The van der Waals surface area contributed by atoms with Crippen molar-refractivity contribution in [3.8, 4) is 17.1 Å². The third-order valence-electron chi connectivity index (χ3n) is 2.85. The number of para-hydroxylation sites is 1. The van der Waals surface area contributed by atoms with Crippen LogP contribution < -0.4 is 0 Å². The predicted octanol–water partition coefficient (Wildman–Crippen LogP) is 2.79. The monoisotopic (exact) mass is 344 g/mol. The van der Waals surface area contributed by atoms with Gasteiger partial charge in [-0.1, -0.05) is 12.1 Å². The molecule has 0 fully saturated rings. The molecule has 0 aliphatic heterocycles. The lowest BCUT2D eigenvalue weighted by molar-refractivity contribution is 0.0697. The summed E-state index contributed by atoms with van der Waals surface area (Å²) in [4.78, 5) is 19.5. The van der Waals surface area contributed by atoms with Crippen LogP contribution in [0, 0.1) is 0 Å². The number of hydrogen-bond acceptors (Lipinski definition) is 4. The van der Waals surface area contributed by atoms with Crippen molar-refractivity contribution in [1.29, 1.82) is 0 Å². The van der Waals surface area contributed by atoms with Gasteiger partial charge in [-0.3, -0.25) is 9.97 Å². The first kappa shape index (κ1) is 13.4.